The number of amides is 1. The summed E-state index contributed by atoms with van der Waals surface area (Å²) < 4.78 is 35.1. The van der Waals surface area contributed by atoms with E-state index in [1.807, 2.05) is 18.2 Å². The monoisotopic (exact) mass is 462 g/mol. The number of nitrogens with zero attached hydrogens (tertiary/aromatic N) is 3. The van der Waals surface area contributed by atoms with Crippen molar-refractivity contribution < 1.29 is 22.7 Å². The molecule has 1 saturated heterocycles. The van der Waals surface area contributed by atoms with E-state index in [4.69, 9.17) is 4.74 Å². The molecular weight excluding hydrogens is 432 g/mol. The summed E-state index contributed by atoms with van der Waals surface area (Å²) in [6.07, 6.45) is 2.49. The number of aromatic nitrogens is 2. The van der Waals surface area contributed by atoms with Gasteiger partial charge in [0, 0.05) is 43.6 Å². The molecule has 0 aromatic carbocycles. The zero-order chi connectivity index (χ0) is 23.5. The van der Waals surface area contributed by atoms with Gasteiger partial charge in [0.2, 0.25) is 15.9 Å². The number of sulfonamides is 1. The van der Waals surface area contributed by atoms with Crippen molar-refractivity contribution in [3.63, 3.8) is 0 Å². The van der Waals surface area contributed by atoms with E-state index in [9.17, 15) is 18.0 Å². The maximum absolute atomic E-state index is 13.5. The van der Waals surface area contributed by atoms with Gasteiger partial charge in [-0.05, 0) is 45.7 Å². The van der Waals surface area contributed by atoms with Crippen LogP contribution < -0.4 is 5.32 Å². The highest BCUT2D eigenvalue weighted by Gasteiger charge is 2.38. The highest BCUT2D eigenvalue weighted by molar-refractivity contribution is 7.89. The number of carbonyl (C=O) groups excluding carboxylic acids is 2. The Morgan fingerprint density at radius 3 is 2.47 bits per heavy atom. The van der Waals surface area contributed by atoms with Crippen molar-refractivity contribution >= 4 is 21.9 Å². The molecule has 1 aliphatic heterocycles. The van der Waals surface area contributed by atoms with Crippen LogP contribution in [-0.2, 0) is 33.1 Å². The third-order valence-corrected chi connectivity index (χ3v) is 8.06. The third kappa shape index (κ3) is 4.71. The SMILES string of the molecule is CCOC(=O)c1c(S(=O)(=O)N2CCC(C(=O)NCc3ccccn3)CC2)c(C)n(C)c1C. The molecule has 0 saturated carbocycles. The van der Waals surface area contributed by atoms with Crippen molar-refractivity contribution in [2.24, 2.45) is 13.0 Å². The first kappa shape index (κ1) is 23.9. The third-order valence-electron chi connectivity index (χ3n) is 6.00. The molecule has 0 spiro atoms. The number of carbonyl (C=O) groups is 2. The van der Waals surface area contributed by atoms with Crippen LogP contribution in [0.2, 0.25) is 0 Å². The first-order valence-electron chi connectivity index (χ1n) is 10.7. The second-order valence-corrected chi connectivity index (χ2v) is 9.75. The van der Waals surface area contributed by atoms with E-state index in [1.54, 1.807) is 38.6 Å². The van der Waals surface area contributed by atoms with Crippen LogP contribution in [0.3, 0.4) is 0 Å². The van der Waals surface area contributed by atoms with Gasteiger partial charge < -0.3 is 14.6 Å². The molecule has 10 heteroatoms. The Kier molecular flexibility index (Phi) is 7.35. The Morgan fingerprint density at radius 1 is 1.19 bits per heavy atom. The molecule has 9 nitrogen and oxygen atoms in total. The Bertz CT molecular complexity index is 1090. The van der Waals surface area contributed by atoms with Crippen LogP contribution in [0.5, 0.6) is 0 Å². The molecule has 2 aromatic heterocycles. The van der Waals surface area contributed by atoms with E-state index in [0.29, 0.717) is 30.8 Å². The largest absolute Gasteiger partial charge is 0.462 e. The van der Waals surface area contributed by atoms with E-state index in [0.717, 1.165) is 5.69 Å². The number of ether oxygens (including phenoxy) is 1. The summed E-state index contributed by atoms with van der Waals surface area (Å²) in [7, 11) is -2.20. The minimum atomic E-state index is -3.92. The summed E-state index contributed by atoms with van der Waals surface area (Å²) in [5.41, 5.74) is 1.88. The van der Waals surface area contributed by atoms with Crippen molar-refractivity contribution in [1.29, 1.82) is 0 Å². The molecule has 3 rings (SSSR count). The van der Waals surface area contributed by atoms with Gasteiger partial charge >= 0.3 is 5.97 Å². The average Bonchev–Trinajstić information content (AvgIpc) is 3.03. The summed E-state index contributed by atoms with van der Waals surface area (Å²) in [4.78, 5) is 29.3. The molecule has 0 atom stereocenters. The maximum atomic E-state index is 13.5. The average molecular weight is 463 g/mol. The molecule has 1 aliphatic rings. The number of hydrogen-bond acceptors (Lipinski definition) is 6. The molecule has 3 heterocycles. The number of hydrogen-bond donors (Lipinski definition) is 1. The van der Waals surface area contributed by atoms with Crippen LogP contribution in [0.15, 0.2) is 29.3 Å². The molecule has 0 bridgehead atoms. The van der Waals surface area contributed by atoms with Gasteiger partial charge in [-0.3, -0.25) is 9.78 Å². The normalized spacial score (nSPS) is 15.5. The Morgan fingerprint density at radius 2 is 1.88 bits per heavy atom. The molecule has 1 fully saturated rings. The van der Waals surface area contributed by atoms with Crippen LogP contribution in [0, 0.1) is 19.8 Å². The molecule has 2 aromatic rings. The van der Waals surface area contributed by atoms with Crippen molar-refractivity contribution in [1.82, 2.24) is 19.2 Å². The van der Waals surface area contributed by atoms with Gasteiger partial charge in [0.05, 0.1) is 18.8 Å². The van der Waals surface area contributed by atoms with Crippen LogP contribution in [0.1, 0.15) is 47.2 Å². The molecule has 1 amide bonds. The molecule has 32 heavy (non-hydrogen) atoms. The van der Waals surface area contributed by atoms with Gasteiger partial charge in [0.15, 0.2) is 0 Å². The number of rotatable bonds is 7. The van der Waals surface area contributed by atoms with Crippen molar-refractivity contribution in [2.45, 2.75) is 45.1 Å². The zero-order valence-electron chi connectivity index (χ0n) is 18.9. The molecule has 1 N–H and O–H groups in total. The van der Waals surface area contributed by atoms with Gasteiger partial charge in [-0.25, -0.2) is 13.2 Å². The van der Waals surface area contributed by atoms with Gasteiger partial charge in [-0.1, -0.05) is 6.07 Å². The fourth-order valence-corrected chi connectivity index (χ4v) is 5.94. The minimum Gasteiger partial charge on any atom is -0.462 e. The first-order valence-corrected chi connectivity index (χ1v) is 12.1. The summed E-state index contributed by atoms with van der Waals surface area (Å²) in [6, 6.07) is 5.50. The number of piperidine rings is 1. The Labute approximate surface area is 188 Å². The van der Waals surface area contributed by atoms with Crippen LogP contribution in [0.25, 0.3) is 0 Å². The number of esters is 1. The molecule has 174 valence electrons. The van der Waals surface area contributed by atoms with Gasteiger partial charge in [0.25, 0.3) is 0 Å². The summed E-state index contributed by atoms with van der Waals surface area (Å²) in [5.74, 6) is -1.02. The number of nitrogens with one attached hydrogen (secondary N) is 1. The van der Waals surface area contributed by atoms with E-state index < -0.39 is 16.0 Å². The van der Waals surface area contributed by atoms with E-state index in [-0.39, 0.29) is 42.0 Å². The second kappa shape index (κ2) is 9.83. The highest BCUT2D eigenvalue weighted by atomic mass is 32.2. The fourth-order valence-electron chi connectivity index (χ4n) is 3.99. The van der Waals surface area contributed by atoms with Crippen molar-refractivity contribution in [3.05, 3.63) is 47.0 Å². The quantitative estimate of drug-likeness (QED) is 0.630. The smallest absolute Gasteiger partial charge is 0.341 e. The lowest BCUT2D eigenvalue weighted by Gasteiger charge is -2.30. The fraction of sp³-hybridized carbons (Fsp3) is 0.500. The second-order valence-electron chi connectivity index (χ2n) is 7.87. The molecule has 0 unspecified atom stereocenters. The first-order chi connectivity index (χ1) is 15.2. The lowest BCUT2D eigenvalue weighted by atomic mass is 9.97. The van der Waals surface area contributed by atoms with Crippen LogP contribution >= 0.6 is 0 Å². The number of pyridine rings is 1. The highest BCUT2D eigenvalue weighted by Crippen LogP contribution is 2.32. The topological polar surface area (TPSA) is 111 Å². The molecule has 0 aliphatic carbocycles. The van der Waals surface area contributed by atoms with Crippen LogP contribution in [0.4, 0.5) is 0 Å². The van der Waals surface area contributed by atoms with E-state index in [2.05, 4.69) is 10.3 Å². The molecule has 0 radical (unpaired) electrons. The van der Waals surface area contributed by atoms with E-state index in [1.165, 1.54) is 4.31 Å². The standard InChI is InChI=1S/C22H30N4O5S/c1-5-31-22(28)19-15(2)25(4)16(3)20(19)32(29,30)26-12-9-17(10-13-26)21(27)24-14-18-8-6-7-11-23-18/h6-8,11,17H,5,9-10,12-14H2,1-4H3,(H,24,27). The predicted molar refractivity (Wildman–Crippen MR) is 118 cm³/mol. The maximum Gasteiger partial charge on any atom is 0.341 e. The summed E-state index contributed by atoms with van der Waals surface area (Å²) in [6.45, 7) is 5.98. The minimum absolute atomic E-state index is 0.00555. The lowest BCUT2D eigenvalue weighted by molar-refractivity contribution is -0.126. The summed E-state index contributed by atoms with van der Waals surface area (Å²) >= 11 is 0. The van der Waals surface area contributed by atoms with Gasteiger partial charge in [0.1, 0.15) is 10.5 Å². The van der Waals surface area contributed by atoms with Crippen molar-refractivity contribution in [2.75, 3.05) is 19.7 Å². The lowest BCUT2D eigenvalue weighted by Crippen LogP contribution is -2.43. The zero-order valence-corrected chi connectivity index (χ0v) is 19.7. The predicted octanol–water partition coefficient (Wildman–Crippen LogP) is 1.93. The van der Waals surface area contributed by atoms with Gasteiger partial charge in [-0.15, -0.1) is 0 Å². The summed E-state index contributed by atoms with van der Waals surface area (Å²) in [5, 5.41) is 2.88. The van der Waals surface area contributed by atoms with E-state index >= 15 is 0 Å². The van der Waals surface area contributed by atoms with Crippen LogP contribution in [-0.4, -0.2) is 53.8 Å². The Balaban J connectivity index is 1.72. The Hall–Kier alpha value is -2.72. The molecular formula is C22H30N4O5S. The van der Waals surface area contributed by atoms with Crippen molar-refractivity contribution in [3.8, 4) is 0 Å². The van der Waals surface area contributed by atoms with Gasteiger partial charge in [-0.2, -0.15) is 4.31 Å².